The zero-order valence-electron chi connectivity index (χ0n) is 11.0. The lowest BCUT2D eigenvalue weighted by atomic mass is 10.1. The van der Waals surface area contributed by atoms with Crippen LogP contribution in [0.3, 0.4) is 0 Å². The Morgan fingerprint density at radius 3 is 2.47 bits per heavy atom. The molecule has 0 aliphatic heterocycles. The molecule has 1 rings (SSSR count). The average molecular weight is 277 g/mol. The Hall–Kier alpha value is -1.27. The van der Waals surface area contributed by atoms with E-state index >= 15 is 0 Å². The van der Waals surface area contributed by atoms with E-state index in [1.165, 1.54) is 6.07 Å². The highest BCUT2D eigenvalue weighted by Gasteiger charge is 2.33. The zero-order valence-corrected chi connectivity index (χ0v) is 11.0. The second-order valence-electron chi connectivity index (χ2n) is 4.07. The predicted octanol–water partition coefficient (Wildman–Crippen LogP) is 2.67. The highest BCUT2D eigenvalue weighted by molar-refractivity contribution is 5.51. The van der Waals surface area contributed by atoms with Crippen LogP contribution in [-0.4, -0.2) is 31.9 Å². The van der Waals surface area contributed by atoms with E-state index in [0.29, 0.717) is 25.4 Å². The van der Waals surface area contributed by atoms with Gasteiger partial charge in [-0.05, 0) is 24.6 Å². The molecule has 19 heavy (non-hydrogen) atoms. The predicted molar refractivity (Wildman–Crippen MR) is 67.1 cm³/mol. The molecule has 0 heterocycles. The van der Waals surface area contributed by atoms with Gasteiger partial charge in [0.15, 0.2) is 0 Å². The molecule has 1 aromatic carbocycles. The molecule has 0 aliphatic rings. The quantitative estimate of drug-likeness (QED) is 0.867. The first kappa shape index (κ1) is 15.8. The van der Waals surface area contributed by atoms with E-state index in [4.69, 9.17) is 9.84 Å². The standard InChI is InChI=1S/C13H18F3NO2/c1-3-17(6-7-19-2)11-5-4-10(9-18)12(8-11)13(14,15)16/h4-5,8,18H,3,6-7,9H2,1-2H3. The number of benzene rings is 1. The highest BCUT2D eigenvalue weighted by Crippen LogP contribution is 2.34. The first-order valence-electron chi connectivity index (χ1n) is 5.98. The Morgan fingerprint density at radius 2 is 2.00 bits per heavy atom. The fourth-order valence-corrected chi connectivity index (χ4v) is 1.83. The van der Waals surface area contributed by atoms with Gasteiger partial charge < -0.3 is 14.7 Å². The van der Waals surface area contributed by atoms with Gasteiger partial charge in [0, 0.05) is 25.9 Å². The summed E-state index contributed by atoms with van der Waals surface area (Å²) in [7, 11) is 1.55. The molecular weight excluding hydrogens is 259 g/mol. The van der Waals surface area contributed by atoms with Crippen molar-refractivity contribution in [2.24, 2.45) is 0 Å². The second kappa shape index (κ2) is 6.77. The van der Waals surface area contributed by atoms with E-state index in [2.05, 4.69) is 0 Å². The maximum atomic E-state index is 12.9. The molecule has 108 valence electrons. The van der Waals surface area contributed by atoms with Crippen molar-refractivity contribution in [2.45, 2.75) is 19.7 Å². The lowest BCUT2D eigenvalue weighted by Gasteiger charge is -2.24. The average Bonchev–Trinajstić information content (AvgIpc) is 2.38. The van der Waals surface area contributed by atoms with Gasteiger partial charge in [-0.25, -0.2) is 0 Å². The van der Waals surface area contributed by atoms with Gasteiger partial charge >= 0.3 is 6.18 Å². The van der Waals surface area contributed by atoms with E-state index in [0.717, 1.165) is 6.07 Å². The molecule has 1 aromatic rings. The molecule has 3 nitrogen and oxygen atoms in total. The molecule has 0 aromatic heterocycles. The number of methoxy groups -OCH3 is 1. The van der Waals surface area contributed by atoms with Crippen molar-refractivity contribution in [1.82, 2.24) is 0 Å². The number of aliphatic hydroxyl groups is 1. The molecule has 0 saturated carbocycles. The fraction of sp³-hybridized carbons (Fsp3) is 0.538. The largest absolute Gasteiger partial charge is 0.416 e. The number of aliphatic hydroxyl groups excluding tert-OH is 1. The minimum absolute atomic E-state index is 0.112. The summed E-state index contributed by atoms with van der Waals surface area (Å²) in [5.74, 6) is 0. The first-order chi connectivity index (χ1) is 8.93. The van der Waals surface area contributed by atoms with Crippen molar-refractivity contribution >= 4 is 5.69 Å². The van der Waals surface area contributed by atoms with E-state index in [1.807, 2.05) is 6.92 Å². The Kier molecular flexibility index (Phi) is 5.62. The van der Waals surface area contributed by atoms with Crippen LogP contribution in [0.15, 0.2) is 18.2 Å². The molecule has 0 atom stereocenters. The van der Waals surface area contributed by atoms with Crippen LogP contribution in [-0.2, 0) is 17.5 Å². The van der Waals surface area contributed by atoms with Gasteiger partial charge in [0.25, 0.3) is 0 Å². The van der Waals surface area contributed by atoms with Crippen molar-refractivity contribution in [3.05, 3.63) is 29.3 Å². The van der Waals surface area contributed by atoms with Gasteiger partial charge in [-0.2, -0.15) is 13.2 Å². The van der Waals surface area contributed by atoms with E-state index in [-0.39, 0.29) is 5.56 Å². The second-order valence-corrected chi connectivity index (χ2v) is 4.07. The van der Waals surface area contributed by atoms with Gasteiger partial charge in [0.05, 0.1) is 18.8 Å². The van der Waals surface area contributed by atoms with Crippen molar-refractivity contribution in [3.63, 3.8) is 0 Å². The van der Waals surface area contributed by atoms with Gasteiger partial charge in [-0.15, -0.1) is 0 Å². The number of anilines is 1. The van der Waals surface area contributed by atoms with Crippen LogP contribution in [0, 0.1) is 0 Å². The highest BCUT2D eigenvalue weighted by atomic mass is 19.4. The SMILES string of the molecule is CCN(CCOC)c1ccc(CO)c(C(F)(F)F)c1. The smallest absolute Gasteiger partial charge is 0.392 e. The molecule has 0 spiro atoms. The Balaban J connectivity index is 3.09. The first-order valence-corrected chi connectivity index (χ1v) is 5.98. The molecule has 0 aliphatic carbocycles. The van der Waals surface area contributed by atoms with Crippen LogP contribution in [0.4, 0.5) is 18.9 Å². The number of nitrogens with zero attached hydrogens (tertiary/aromatic N) is 1. The topological polar surface area (TPSA) is 32.7 Å². The Morgan fingerprint density at radius 1 is 1.32 bits per heavy atom. The lowest BCUT2D eigenvalue weighted by molar-refractivity contribution is -0.138. The van der Waals surface area contributed by atoms with Crippen molar-refractivity contribution in [3.8, 4) is 0 Å². The van der Waals surface area contributed by atoms with Crippen LogP contribution < -0.4 is 4.90 Å². The normalized spacial score (nSPS) is 11.7. The molecule has 0 radical (unpaired) electrons. The van der Waals surface area contributed by atoms with Crippen LogP contribution in [0.5, 0.6) is 0 Å². The van der Waals surface area contributed by atoms with Crippen molar-refractivity contribution in [1.29, 1.82) is 0 Å². The zero-order chi connectivity index (χ0) is 14.5. The summed E-state index contributed by atoms with van der Waals surface area (Å²) >= 11 is 0. The summed E-state index contributed by atoms with van der Waals surface area (Å²) < 4.78 is 43.6. The molecule has 0 fully saturated rings. The third-order valence-corrected chi connectivity index (χ3v) is 2.88. The van der Waals surface area contributed by atoms with Crippen LogP contribution >= 0.6 is 0 Å². The van der Waals surface area contributed by atoms with Crippen LogP contribution in [0.25, 0.3) is 0 Å². The number of hydrogen-bond donors (Lipinski definition) is 1. The van der Waals surface area contributed by atoms with E-state index in [9.17, 15) is 13.2 Å². The summed E-state index contributed by atoms with van der Waals surface area (Å²) in [6.07, 6.45) is -4.46. The van der Waals surface area contributed by atoms with Crippen LogP contribution in [0.2, 0.25) is 0 Å². The number of ether oxygens (including phenoxy) is 1. The maximum Gasteiger partial charge on any atom is 0.416 e. The van der Waals surface area contributed by atoms with Gasteiger partial charge in [0.1, 0.15) is 0 Å². The van der Waals surface area contributed by atoms with Crippen molar-refractivity contribution < 1.29 is 23.0 Å². The third kappa shape index (κ3) is 4.11. The molecule has 0 bridgehead atoms. The Labute approximate surface area is 110 Å². The fourth-order valence-electron chi connectivity index (χ4n) is 1.83. The number of likely N-dealkylation sites (N-methyl/N-ethyl adjacent to an activating group) is 1. The number of halogens is 3. The molecule has 1 N–H and O–H groups in total. The number of rotatable bonds is 6. The lowest BCUT2D eigenvalue weighted by Crippen LogP contribution is -2.27. The number of alkyl halides is 3. The van der Waals surface area contributed by atoms with Gasteiger partial charge in [-0.3, -0.25) is 0 Å². The maximum absolute atomic E-state index is 12.9. The van der Waals surface area contributed by atoms with Gasteiger partial charge in [-0.1, -0.05) is 6.07 Å². The van der Waals surface area contributed by atoms with Gasteiger partial charge in [0.2, 0.25) is 0 Å². The molecule has 0 amide bonds. The summed E-state index contributed by atoms with van der Waals surface area (Å²) in [5.41, 5.74) is -0.425. The Bertz CT molecular complexity index is 407. The molecular formula is C13H18F3NO2. The van der Waals surface area contributed by atoms with Crippen molar-refractivity contribution in [2.75, 3.05) is 31.7 Å². The monoisotopic (exact) mass is 277 g/mol. The summed E-state index contributed by atoms with van der Waals surface area (Å²) in [6, 6.07) is 3.97. The minimum atomic E-state index is -4.46. The summed E-state index contributed by atoms with van der Waals surface area (Å²) in [6.45, 7) is 2.78. The summed E-state index contributed by atoms with van der Waals surface area (Å²) in [4.78, 5) is 1.79. The summed E-state index contributed by atoms with van der Waals surface area (Å²) in [5, 5.41) is 8.98. The van der Waals surface area contributed by atoms with E-state index in [1.54, 1.807) is 18.1 Å². The molecule has 0 saturated heterocycles. The third-order valence-electron chi connectivity index (χ3n) is 2.88. The minimum Gasteiger partial charge on any atom is -0.392 e. The number of hydrogen-bond acceptors (Lipinski definition) is 3. The molecule has 0 unspecified atom stereocenters. The van der Waals surface area contributed by atoms with Crippen LogP contribution in [0.1, 0.15) is 18.1 Å². The van der Waals surface area contributed by atoms with E-state index < -0.39 is 18.3 Å². The molecule has 6 heteroatoms.